The van der Waals surface area contributed by atoms with Gasteiger partial charge in [0, 0.05) is 6.54 Å². The van der Waals surface area contributed by atoms with Gasteiger partial charge in [-0.1, -0.05) is 26.0 Å². The van der Waals surface area contributed by atoms with Crippen LogP contribution in [-0.4, -0.2) is 22.0 Å². The van der Waals surface area contributed by atoms with E-state index in [1.807, 2.05) is 25.1 Å². The highest BCUT2D eigenvalue weighted by Gasteiger charge is 2.13. The molecule has 0 fully saturated rings. The van der Waals surface area contributed by atoms with Crippen molar-refractivity contribution in [1.82, 2.24) is 14.9 Å². The van der Waals surface area contributed by atoms with Crippen LogP contribution >= 0.6 is 0 Å². The third kappa shape index (κ3) is 2.86. The summed E-state index contributed by atoms with van der Waals surface area (Å²) in [6, 6.07) is 5.83. The lowest BCUT2D eigenvalue weighted by atomic mass is 10.2. The van der Waals surface area contributed by atoms with Gasteiger partial charge in [0.2, 0.25) is 11.9 Å². The van der Waals surface area contributed by atoms with Crippen LogP contribution in [0.4, 0.5) is 5.95 Å². The number of nitrogen functional groups attached to an aromatic ring is 1. The number of imidazole rings is 1. The number of rotatable bonds is 4. The molecule has 2 aromatic rings. The van der Waals surface area contributed by atoms with Crippen molar-refractivity contribution < 1.29 is 4.79 Å². The molecule has 1 heterocycles. The Hall–Kier alpha value is -2.04. The van der Waals surface area contributed by atoms with E-state index >= 15 is 0 Å². The molecule has 0 aliphatic carbocycles. The summed E-state index contributed by atoms with van der Waals surface area (Å²) >= 11 is 0. The first-order chi connectivity index (χ1) is 8.99. The number of nitrogens with two attached hydrogens (primary N) is 1. The van der Waals surface area contributed by atoms with Crippen molar-refractivity contribution >= 4 is 22.9 Å². The summed E-state index contributed by atoms with van der Waals surface area (Å²) in [4.78, 5) is 16.2. The summed E-state index contributed by atoms with van der Waals surface area (Å²) < 4.78 is 1.76. The van der Waals surface area contributed by atoms with Crippen LogP contribution in [0.15, 0.2) is 18.2 Å². The molecule has 0 saturated heterocycles. The highest BCUT2D eigenvalue weighted by molar-refractivity contribution is 5.84. The second-order valence-corrected chi connectivity index (χ2v) is 5.20. The molecule has 0 saturated carbocycles. The topological polar surface area (TPSA) is 72.9 Å². The Kier molecular flexibility index (Phi) is 3.74. The standard InChI is InChI=1S/C14H20N4O/c1-9(2)7-16-12(19)8-18-13-10(3)5-4-6-11(13)17-14(18)15/h4-6,9H,7-8H2,1-3H3,(H2,15,17)(H,16,19). The minimum atomic E-state index is -0.0389. The summed E-state index contributed by atoms with van der Waals surface area (Å²) in [5.74, 6) is 0.773. The molecule has 1 amide bonds. The van der Waals surface area contributed by atoms with Gasteiger partial charge in [0.1, 0.15) is 6.54 Å². The molecule has 0 radical (unpaired) electrons. The quantitative estimate of drug-likeness (QED) is 0.878. The van der Waals surface area contributed by atoms with E-state index in [4.69, 9.17) is 5.73 Å². The van der Waals surface area contributed by atoms with Crippen LogP contribution in [0.1, 0.15) is 19.4 Å². The average molecular weight is 260 g/mol. The number of benzene rings is 1. The van der Waals surface area contributed by atoms with Crippen molar-refractivity contribution in [2.24, 2.45) is 5.92 Å². The van der Waals surface area contributed by atoms with Gasteiger partial charge in [0.15, 0.2) is 0 Å². The lowest BCUT2D eigenvalue weighted by molar-refractivity contribution is -0.121. The molecule has 2 rings (SSSR count). The van der Waals surface area contributed by atoms with E-state index in [1.54, 1.807) is 4.57 Å². The smallest absolute Gasteiger partial charge is 0.240 e. The lowest BCUT2D eigenvalue weighted by Gasteiger charge is -2.10. The second-order valence-electron chi connectivity index (χ2n) is 5.20. The summed E-state index contributed by atoms with van der Waals surface area (Å²) in [6.45, 7) is 6.99. The molecule has 3 N–H and O–H groups in total. The molecule has 5 nitrogen and oxygen atoms in total. The van der Waals surface area contributed by atoms with Gasteiger partial charge in [-0.25, -0.2) is 4.98 Å². The number of anilines is 1. The first-order valence-corrected chi connectivity index (χ1v) is 6.47. The molecule has 1 aromatic carbocycles. The molecular formula is C14H20N4O. The Morgan fingerprint density at radius 2 is 2.21 bits per heavy atom. The third-order valence-electron chi connectivity index (χ3n) is 3.01. The molecule has 0 unspecified atom stereocenters. The van der Waals surface area contributed by atoms with Gasteiger partial charge in [-0.3, -0.25) is 4.79 Å². The first kappa shape index (κ1) is 13.4. The normalized spacial score (nSPS) is 11.2. The maximum absolute atomic E-state index is 11.9. The minimum Gasteiger partial charge on any atom is -0.369 e. The number of nitrogens with one attached hydrogen (secondary N) is 1. The Labute approximate surface area is 112 Å². The molecule has 0 aliphatic rings. The van der Waals surface area contributed by atoms with Crippen LogP contribution in [0.5, 0.6) is 0 Å². The van der Waals surface area contributed by atoms with Crippen molar-refractivity contribution in [3.8, 4) is 0 Å². The highest BCUT2D eigenvalue weighted by Crippen LogP contribution is 2.20. The predicted molar refractivity (Wildman–Crippen MR) is 76.7 cm³/mol. The number of para-hydroxylation sites is 1. The molecule has 1 aromatic heterocycles. The number of aryl methyl sites for hydroxylation is 1. The first-order valence-electron chi connectivity index (χ1n) is 6.47. The molecule has 0 spiro atoms. The third-order valence-corrected chi connectivity index (χ3v) is 3.01. The highest BCUT2D eigenvalue weighted by atomic mass is 16.1. The Morgan fingerprint density at radius 3 is 2.89 bits per heavy atom. The van der Waals surface area contributed by atoms with Gasteiger partial charge >= 0.3 is 0 Å². The zero-order chi connectivity index (χ0) is 14.0. The number of hydrogen-bond acceptors (Lipinski definition) is 3. The second kappa shape index (κ2) is 5.30. The van der Waals surface area contributed by atoms with Crippen molar-refractivity contribution in [2.75, 3.05) is 12.3 Å². The number of carbonyl (C=O) groups excluding carboxylic acids is 1. The average Bonchev–Trinajstić information content (AvgIpc) is 2.65. The van der Waals surface area contributed by atoms with Gasteiger partial charge < -0.3 is 15.6 Å². The van der Waals surface area contributed by atoms with Gasteiger partial charge in [-0.2, -0.15) is 0 Å². The Morgan fingerprint density at radius 1 is 1.47 bits per heavy atom. The van der Waals surface area contributed by atoms with Crippen molar-refractivity contribution in [3.05, 3.63) is 23.8 Å². The maximum atomic E-state index is 11.9. The fraction of sp³-hybridized carbons (Fsp3) is 0.429. The summed E-state index contributed by atoms with van der Waals surface area (Å²) in [5.41, 5.74) is 8.72. The van der Waals surface area contributed by atoms with Crippen LogP contribution in [-0.2, 0) is 11.3 Å². The van der Waals surface area contributed by atoms with Crippen molar-refractivity contribution in [2.45, 2.75) is 27.3 Å². The fourth-order valence-corrected chi connectivity index (χ4v) is 2.06. The number of amides is 1. The van der Waals surface area contributed by atoms with E-state index in [0.717, 1.165) is 16.6 Å². The van der Waals surface area contributed by atoms with Gasteiger partial charge in [0.05, 0.1) is 11.0 Å². The lowest BCUT2D eigenvalue weighted by Crippen LogP contribution is -2.31. The van der Waals surface area contributed by atoms with E-state index in [1.165, 1.54) is 0 Å². The number of aromatic nitrogens is 2. The Bertz CT molecular complexity index is 601. The molecule has 5 heteroatoms. The minimum absolute atomic E-state index is 0.0389. The largest absolute Gasteiger partial charge is 0.369 e. The van der Waals surface area contributed by atoms with Gasteiger partial charge in [-0.05, 0) is 24.5 Å². The molecule has 0 aliphatic heterocycles. The van der Waals surface area contributed by atoms with E-state index in [0.29, 0.717) is 18.4 Å². The van der Waals surface area contributed by atoms with E-state index < -0.39 is 0 Å². The molecule has 102 valence electrons. The summed E-state index contributed by atoms with van der Waals surface area (Å²) in [7, 11) is 0. The van der Waals surface area contributed by atoms with Gasteiger partial charge in [-0.15, -0.1) is 0 Å². The van der Waals surface area contributed by atoms with Crippen LogP contribution in [0.2, 0.25) is 0 Å². The van der Waals surface area contributed by atoms with E-state index in [9.17, 15) is 4.79 Å². The van der Waals surface area contributed by atoms with Crippen molar-refractivity contribution in [1.29, 1.82) is 0 Å². The zero-order valence-electron chi connectivity index (χ0n) is 11.6. The fourth-order valence-electron chi connectivity index (χ4n) is 2.06. The number of fused-ring (bicyclic) bond motifs is 1. The summed E-state index contributed by atoms with van der Waals surface area (Å²) in [5, 5.41) is 2.89. The van der Waals surface area contributed by atoms with E-state index in [-0.39, 0.29) is 12.5 Å². The SMILES string of the molecule is Cc1cccc2nc(N)n(CC(=O)NCC(C)C)c12. The monoisotopic (exact) mass is 260 g/mol. The zero-order valence-corrected chi connectivity index (χ0v) is 11.6. The number of nitrogens with zero attached hydrogens (tertiary/aromatic N) is 2. The van der Waals surface area contributed by atoms with Crippen LogP contribution in [0, 0.1) is 12.8 Å². The molecule has 19 heavy (non-hydrogen) atoms. The van der Waals surface area contributed by atoms with Crippen molar-refractivity contribution in [3.63, 3.8) is 0 Å². The number of hydrogen-bond donors (Lipinski definition) is 2. The molecular weight excluding hydrogens is 240 g/mol. The van der Waals surface area contributed by atoms with Crippen LogP contribution in [0.25, 0.3) is 11.0 Å². The van der Waals surface area contributed by atoms with Crippen LogP contribution < -0.4 is 11.1 Å². The predicted octanol–water partition coefficient (Wildman–Crippen LogP) is 1.70. The van der Waals surface area contributed by atoms with Gasteiger partial charge in [0.25, 0.3) is 0 Å². The maximum Gasteiger partial charge on any atom is 0.240 e. The molecule has 0 atom stereocenters. The Balaban J connectivity index is 2.25. The summed E-state index contributed by atoms with van der Waals surface area (Å²) in [6.07, 6.45) is 0. The van der Waals surface area contributed by atoms with Crippen LogP contribution in [0.3, 0.4) is 0 Å². The number of carbonyl (C=O) groups is 1. The van der Waals surface area contributed by atoms with E-state index in [2.05, 4.69) is 24.1 Å². The molecule has 0 bridgehead atoms.